The highest BCUT2D eigenvalue weighted by Gasteiger charge is 1.97. The molecule has 0 aliphatic rings. The molecule has 1 nitrogen and oxygen atoms in total. The Kier molecular flexibility index (Phi) is 5.32. The Morgan fingerprint density at radius 3 is 2.40 bits per heavy atom. The Morgan fingerprint density at radius 2 is 2.10 bits per heavy atom. The van der Waals surface area contributed by atoms with Gasteiger partial charge in [0.1, 0.15) is 0 Å². The lowest BCUT2D eigenvalue weighted by Gasteiger charge is -2.06. The summed E-state index contributed by atoms with van der Waals surface area (Å²) in [4.78, 5) is 0. The standard InChI is InChI=1S/C9H18O/c1-4-9(5-6-10)7-8(2)3/h5,8,10H,4,6-7H2,1-3H3/b9-5+. The van der Waals surface area contributed by atoms with Crippen LogP contribution >= 0.6 is 0 Å². The Hall–Kier alpha value is -0.300. The average Bonchev–Trinajstić information content (AvgIpc) is 1.86. The molecule has 10 heavy (non-hydrogen) atoms. The molecule has 0 saturated carbocycles. The van der Waals surface area contributed by atoms with E-state index in [9.17, 15) is 0 Å². The summed E-state index contributed by atoms with van der Waals surface area (Å²) >= 11 is 0. The molecule has 0 heterocycles. The quantitative estimate of drug-likeness (QED) is 0.597. The molecule has 0 aromatic heterocycles. The first kappa shape index (κ1) is 9.70. The zero-order valence-electron chi connectivity index (χ0n) is 7.22. The van der Waals surface area contributed by atoms with Crippen LogP contribution in [-0.4, -0.2) is 11.7 Å². The van der Waals surface area contributed by atoms with Gasteiger partial charge in [-0.1, -0.05) is 32.4 Å². The molecule has 0 unspecified atom stereocenters. The Morgan fingerprint density at radius 1 is 1.50 bits per heavy atom. The van der Waals surface area contributed by atoms with Crippen molar-refractivity contribution in [3.8, 4) is 0 Å². The van der Waals surface area contributed by atoms with Crippen LogP contribution in [0.5, 0.6) is 0 Å². The van der Waals surface area contributed by atoms with Gasteiger partial charge in [-0.2, -0.15) is 0 Å². The second-order valence-electron chi connectivity index (χ2n) is 3.00. The van der Waals surface area contributed by atoms with E-state index in [2.05, 4.69) is 20.8 Å². The fourth-order valence-corrected chi connectivity index (χ4v) is 1.03. The largest absolute Gasteiger partial charge is 0.392 e. The minimum absolute atomic E-state index is 0.190. The molecule has 0 rings (SSSR count). The van der Waals surface area contributed by atoms with Crippen molar-refractivity contribution >= 4 is 0 Å². The lowest BCUT2D eigenvalue weighted by molar-refractivity contribution is 0.340. The molecule has 1 N–H and O–H groups in total. The molecule has 0 radical (unpaired) electrons. The maximum absolute atomic E-state index is 8.60. The highest BCUT2D eigenvalue weighted by atomic mass is 16.2. The van der Waals surface area contributed by atoms with Crippen molar-refractivity contribution in [3.63, 3.8) is 0 Å². The highest BCUT2D eigenvalue weighted by Crippen LogP contribution is 2.12. The van der Waals surface area contributed by atoms with Gasteiger partial charge in [0.25, 0.3) is 0 Å². The molecule has 0 fully saturated rings. The van der Waals surface area contributed by atoms with Crippen molar-refractivity contribution in [1.29, 1.82) is 0 Å². The van der Waals surface area contributed by atoms with E-state index in [-0.39, 0.29) is 6.61 Å². The van der Waals surface area contributed by atoms with Gasteiger partial charge < -0.3 is 5.11 Å². The normalized spacial score (nSPS) is 12.7. The number of aliphatic hydroxyl groups excluding tert-OH is 1. The smallest absolute Gasteiger partial charge is 0.0615 e. The van der Waals surface area contributed by atoms with Crippen LogP contribution < -0.4 is 0 Å². The predicted octanol–water partition coefficient (Wildman–Crippen LogP) is 2.36. The second kappa shape index (κ2) is 5.48. The first-order valence-corrected chi connectivity index (χ1v) is 3.99. The molecule has 0 amide bonds. The zero-order chi connectivity index (χ0) is 7.98. The van der Waals surface area contributed by atoms with Gasteiger partial charge in [-0.15, -0.1) is 0 Å². The molecule has 0 atom stereocenters. The molecule has 0 bridgehead atoms. The van der Waals surface area contributed by atoms with E-state index < -0.39 is 0 Å². The summed E-state index contributed by atoms with van der Waals surface area (Å²) in [5.41, 5.74) is 1.37. The SMILES string of the molecule is CC/C(=C\CO)CC(C)C. The van der Waals surface area contributed by atoms with Crippen LogP contribution in [-0.2, 0) is 0 Å². The first-order valence-electron chi connectivity index (χ1n) is 3.99. The summed E-state index contributed by atoms with van der Waals surface area (Å²) in [7, 11) is 0. The van der Waals surface area contributed by atoms with Gasteiger partial charge in [-0.05, 0) is 18.8 Å². The highest BCUT2D eigenvalue weighted by molar-refractivity contribution is 5.01. The van der Waals surface area contributed by atoms with Crippen molar-refractivity contribution in [3.05, 3.63) is 11.6 Å². The third-order valence-electron chi connectivity index (χ3n) is 1.50. The van der Waals surface area contributed by atoms with Gasteiger partial charge in [0, 0.05) is 0 Å². The van der Waals surface area contributed by atoms with Crippen LogP contribution in [0.4, 0.5) is 0 Å². The molecular weight excluding hydrogens is 124 g/mol. The zero-order valence-corrected chi connectivity index (χ0v) is 7.22. The van der Waals surface area contributed by atoms with Gasteiger partial charge in [0.15, 0.2) is 0 Å². The van der Waals surface area contributed by atoms with Crippen molar-refractivity contribution in [2.75, 3.05) is 6.61 Å². The first-order chi connectivity index (χ1) is 4.70. The minimum atomic E-state index is 0.190. The fourth-order valence-electron chi connectivity index (χ4n) is 1.03. The van der Waals surface area contributed by atoms with E-state index in [4.69, 9.17) is 5.11 Å². The lowest BCUT2D eigenvalue weighted by atomic mass is 10.0. The van der Waals surface area contributed by atoms with Crippen molar-refractivity contribution in [2.45, 2.75) is 33.6 Å². The summed E-state index contributed by atoms with van der Waals surface area (Å²) in [5, 5.41) is 8.60. The number of aliphatic hydroxyl groups is 1. The van der Waals surface area contributed by atoms with Crippen LogP contribution in [0.1, 0.15) is 33.6 Å². The molecule has 0 aliphatic carbocycles. The molecule has 0 spiro atoms. The van der Waals surface area contributed by atoms with Crippen LogP contribution in [0.25, 0.3) is 0 Å². The summed E-state index contributed by atoms with van der Waals surface area (Å²) in [6.07, 6.45) is 4.11. The Labute approximate surface area is 63.8 Å². The molecule has 60 valence electrons. The summed E-state index contributed by atoms with van der Waals surface area (Å²) in [5.74, 6) is 0.706. The average molecular weight is 142 g/mol. The summed E-state index contributed by atoms with van der Waals surface area (Å²) in [6, 6.07) is 0. The van der Waals surface area contributed by atoms with Crippen LogP contribution in [0, 0.1) is 5.92 Å². The van der Waals surface area contributed by atoms with Crippen molar-refractivity contribution in [1.82, 2.24) is 0 Å². The van der Waals surface area contributed by atoms with Crippen LogP contribution in [0.15, 0.2) is 11.6 Å². The maximum atomic E-state index is 8.60. The predicted molar refractivity (Wildman–Crippen MR) is 44.9 cm³/mol. The minimum Gasteiger partial charge on any atom is -0.392 e. The van der Waals surface area contributed by atoms with E-state index in [1.54, 1.807) is 0 Å². The van der Waals surface area contributed by atoms with E-state index >= 15 is 0 Å². The van der Waals surface area contributed by atoms with Gasteiger partial charge in [-0.3, -0.25) is 0 Å². The van der Waals surface area contributed by atoms with E-state index in [0.717, 1.165) is 12.8 Å². The molecular formula is C9H18O. The Balaban J connectivity index is 3.71. The van der Waals surface area contributed by atoms with Crippen LogP contribution in [0.2, 0.25) is 0 Å². The molecule has 0 aromatic rings. The Bertz CT molecular complexity index is 103. The van der Waals surface area contributed by atoms with Gasteiger partial charge in [0.05, 0.1) is 6.61 Å². The van der Waals surface area contributed by atoms with Crippen molar-refractivity contribution < 1.29 is 5.11 Å². The molecule has 1 heteroatoms. The van der Waals surface area contributed by atoms with E-state index in [1.807, 2.05) is 6.08 Å². The lowest BCUT2D eigenvalue weighted by Crippen LogP contribution is -1.91. The molecule has 0 aliphatic heterocycles. The summed E-state index contributed by atoms with van der Waals surface area (Å²) in [6.45, 7) is 6.71. The number of hydrogen-bond donors (Lipinski definition) is 1. The molecule has 0 aromatic carbocycles. The van der Waals surface area contributed by atoms with E-state index in [0.29, 0.717) is 5.92 Å². The topological polar surface area (TPSA) is 20.2 Å². The number of hydrogen-bond acceptors (Lipinski definition) is 1. The van der Waals surface area contributed by atoms with E-state index in [1.165, 1.54) is 5.57 Å². The van der Waals surface area contributed by atoms with Gasteiger partial charge in [0.2, 0.25) is 0 Å². The number of allylic oxidation sites excluding steroid dienone is 1. The monoisotopic (exact) mass is 142 g/mol. The maximum Gasteiger partial charge on any atom is 0.0615 e. The van der Waals surface area contributed by atoms with Crippen molar-refractivity contribution in [2.24, 2.45) is 5.92 Å². The third-order valence-corrected chi connectivity index (χ3v) is 1.50. The van der Waals surface area contributed by atoms with Gasteiger partial charge in [-0.25, -0.2) is 0 Å². The number of rotatable bonds is 4. The second-order valence-corrected chi connectivity index (χ2v) is 3.00. The van der Waals surface area contributed by atoms with Gasteiger partial charge >= 0.3 is 0 Å². The summed E-state index contributed by atoms with van der Waals surface area (Å²) < 4.78 is 0. The fraction of sp³-hybridized carbons (Fsp3) is 0.778. The molecule has 0 saturated heterocycles. The third kappa shape index (κ3) is 4.57. The van der Waals surface area contributed by atoms with Crippen LogP contribution in [0.3, 0.4) is 0 Å².